The summed E-state index contributed by atoms with van der Waals surface area (Å²) in [4.78, 5) is 60.3. The lowest BCUT2D eigenvalue weighted by Crippen LogP contribution is -2.57. The minimum Gasteiger partial charge on any atom is -0.391 e. The number of nitrogens with one attached hydrogen (secondary N) is 3. The molecule has 0 radical (unpaired) electrons. The van der Waals surface area contributed by atoms with Gasteiger partial charge in [0.25, 0.3) is 5.91 Å². The third kappa shape index (κ3) is 11.7. The van der Waals surface area contributed by atoms with Crippen molar-refractivity contribution in [3.05, 3.63) is 101 Å². The molecule has 356 valence electrons. The number of nitrogens with zero attached hydrogens (tertiary/aromatic N) is 5. The van der Waals surface area contributed by atoms with Gasteiger partial charge in [0.15, 0.2) is 5.65 Å². The number of ether oxygens (including phenoxy) is 2. The molecule has 4 N–H and O–H groups in total. The van der Waals surface area contributed by atoms with Crippen molar-refractivity contribution in [2.45, 2.75) is 77.9 Å². The van der Waals surface area contributed by atoms with Gasteiger partial charge in [-0.3, -0.25) is 28.4 Å². The Morgan fingerprint density at radius 3 is 2.31 bits per heavy atom. The lowest BCUT2D eigenvalue weighted by molar-refractivity contribution is -0.144. The smallest absolute Gasteiger partial charge is 0.391 e. The highest BCUT2D eigenvalue weighted by atomic mass is 32.1. The molecule has 1 saturated heterocycles. The quantitative estimate of drug-likeness (QED) is 0.0718. The molecule has 3 aromatic heterocycles. The van der Waals surface area contributed by atoms with Crippen molar-refractivity contribution >= 4 is 56.9 Å². The average Bonchev–Trinajstić information content (AvgIpc) is 4.07. The molecule has 0 unspecified atom stereocenters. The number of rotatable bonds is 18. The zero-order valence-electron chi connectivity index (χ0n) is 38.0. The highest BCUT2D eigenvalue weighted by Gasteiger charge is 2.44. The Morgan fingerprint density at radius 1 is 0.925 bits per heavy atom. The number of aliphatic hydroxyl groups is 1. The molecule has 0 saturated carbocycles. The topological polar surface area (TPSA) is 182 Å². The van der Waals surface area contributed by atoms with E-state index in [1.165, 1.54) is 17.0 Å². The maximum atomic E-state index is 14.0. The minimum atomic E-state index is -4.46. The van der Waals surface area contributed by atoms with Crippen molar-refractivity contribution in [1.82, 2.24) is 40.2 Å². The maximum Gasteiger partial charge on any atom is 0.416 e. The van der Waals surface area contributed by atoms with Crippen molar-refractivity contribution in [2.24, 2.45) is 12.5 Å². The monoisotopic (exact) mass is 944 g/mol. The number of alkyl halides is 3. The molecule has 0 bridgehead atoms. The number of carbonyl (C=O) groups is 4. The molecule has 6 aromatic rings. The van der Waals surface area contributed by atoms with Crippen LogP contribution >= 0.6 is 11.3 Å². The molecule has 1 aliphatic heterocycles. The predicted octanol–water partition coefficient (Wildman–Crippen LogP) is 6.32. The van der Waals surface area contributed by atoms with Gasteiger partial charge in [-0.2, -0.15) is 18.3 Å². The number of fused-ring (bicyclic) bond motifs is 3. The predicted molar refractivity (Wildman–Crippen MR) is 247 cm³/mol. The zero-order chi connectivity index (χ0) is 48.0. The second kappa shape index (κ2) is 20.8. The van der Waals surface area contributed by atoms with E-state index in [1.807, 2.05) is 52.0 Å². The molecule has 4 heterocycles. The number of amides is 4. The van der Waals surface area contributed by atoms with E-state index in [4.69, 9.17) is 9.47 Å². The summed E-state index contributed by atoms with van der Waals surface area (Å²) in [5.41, 5.74) is 5.37. The van der Waals surface area contributed by atoms with Crippen LogP contribution in [0.2, 0.25) is 0 Å². The van der Waals surface area contributed by atoms with Crippen molar-refractivity contribution in [2.75, 3.05) is 39.5 Å². The number of hydrogen-bond donors (Lipinski definition) is 4. The van der Waals surface area contributed by atoms with Gasteiger partial charge in [0.05, 0.1) is 53.1 Å². The Hall–Kier alpha value is -6.15. The molecule has 1 fully saturated rings. The van der Waals surface area contributed by atoms with E-state index in [0.29, 0.717) is 28.8 Å². The van der Waals surface area contributed by atoms with Gasteiger partial charge in [-0.25, -0.2) is 4.98 Å². The average molecular weight is 945 g/mol. The Labute approximate surface area is 389 Å². The molecule has 4 amide bonds. The summed E-state index contributed by atoms with van der Waals surface area (Å²) in [6.45, 7) is 8.89. The van der Waals surface area contributed by atoms with Gasteiger partial charge in [-0.15, -0.1) is 11.3 Å². The molecular weight excluding hydrogens is 890 g/mol. The lowest BCUT2D eigenvalue weighted by Gasteiger charge is -2.35. The third-order valence-electron chi connectivity index (χ3n) is 11.6. The van der Waals surface area contributed by atoms with Crippen molar-refractivity contribution in [3.8, 4) is 16.1 Å². The van der Waals surface area contributed by atoms with E-state index >= 15 is 0 Å². The SMILES string of the molecule is Cc1ncsc1-c1ccc(CNC(=O)[C@@H]2C[C@@H](O)CN2C(=O)[C@@H](NC(=O)CCCOCCOCCNC(=O)c2ccc3c(c2)c2cn(C)nc2n3-c2ccc(C(F)(F)F)cc2)C(C)(C)C)cc1. The molecule has 15 nitrogen and oxygen atoms in total. The molecule has 7 rings (SSSR count). The van der Waals surface area contributed by atoms with Gasteiger partial charge in [0, 0.05) is 74.4 Å². The molecule has 0 aliphatic carbocycles. The zero-order valence-corrected chi connectivity index (χ0v) is 38.8. The van der Waals surface area contributed by atoms with Crippen LogP contribution in [-0.4, -0.2) is 111 Å². The van der Waals surface area contributed by atoms with E-state index in [2.05, 4.69) is 26.0 Å². The number of aliphatic hydroxyl groups excluding tert-OH is 1. The molecule has 67 heavy (non-hydrogen) atoms. The van der Waals surface area contributed by atoms with Crippen LogP contribution in [-0.2, 0) is 43.6 Å². The second-order valence-corrected chi connectivity index (χ2v) is 18.5. The van der Waals surface area contributed by atoms with Crippen LogP contribution in [0.5, 0.6) is 0 Å². The van der Waals surface area contributed by atoms with E-state index in [-0.39, 0.29) is 76.6 Å². The summed E-state index contributed by atoms with van der Waals surface area (Å²) in [7, 11) is 1.75. The minimum absolute atomic E-state index is 0.0228. The van der Waals surface area contributed by atoms with Gasteiger partial charge in [0.2, 0.25) is 17.7 Å². The number of aryl methyl sites for hydroxylation is 2. The van der Waals surface area contributed by atoms with Crippen LogP contribution in [0, 0.1) is 12.3 Å². The highest BCUT2D eigenvalue weighted by Crippen LogP contribution is 2.35. The van der Waals surface area contributed by atoms with E-state index in [1.54, 1.807) is 57.5 Å². The fourth-order valence-corrected chi connectivity index (χ4v) is 8.92. The summed E-state index contributed by atoms with van der Waals surface area (Å²) < 4.78 is 54.3. The van der Waals surface area contributed by atoms with E-state index in [9.17, 15) is 37.5 Å². The van der Waals surface area contributed by atoms with E-state index < -0.39 is 41.2 Å². The number of hydrogen-bond acceptors (Lipinski definition) is 10. The van der Waals surface area contributed by atoms with Crippen molar-refractivity contribution in [1.29, 1.82) is 0 Å². The number of β-amino-alcohol motifs (C(OH)–C–C–N with tert-alkyl or cyclic N) is 1. The van der Waals surface area contributed by atoms with E-state index in [0.717, 1.165) is 44.6 Å². The number of thiazole rings is 1. The molecule has 0 spiro atoms. The number of aromatic nitrogens is 4. The van der Waals surface area contributed by atoms with Gasteiger partial charge in [0.1, 0.15) is 12.1 Å². The Balaban J connectivity index is 0.809. The Kier molecular flexibility index (Phi) is 15.1. The van der Waals surface area contributed by atoms with Gasteiger partial charge in [-0.05, 0) is 72.4 Å². The Morgan fingerprint density at radius 2 is 1.64 bits per heavy atom. The molecule has 1 aliphatic rings. The second-order valence-electron chi connectivity index (χ2n) is 17.7. The first-order valence-corrected chi connectivity index (χ1v) is 22.9. The van der Waals surface area contributed by atoms with Crippen LogP contribution in [0.25, 0.3) is 38.1 Å². The first-order chi connectivity index (χ1) is 31.9. The van der Waals surface area contributed by atoms with Gasteiger partial charge in [-0.1, -0.05) is 45.0 Å². The van der Waals surface area contributed by atoms with Crippen LogP contribution < -0.4 is 16.0 Å². The van der Waals surface area contributed by atoms with Crippen molar-refractivity contribution < 1.29 is 46.9 Å². The van der Waals surface area contributed by atoms with Crippen LogP contribution in [0.1, 0.15) is 67.2 Å². The number of benzene rings is 3. The number of halogens is 3. The first-order valence-electron chi connectivity index (χ1n) is 22.0. The summed E-state index contributed by atoms with van der Waals surface area (Å²) in [6, 6.07) is 16.0. The standard InChI is InChI=1S/C48H55F3N8O7S/c1-29-41(67-28-54-29)31-10-8-30(9-11-31)25-53-45(63)39-24-35(60)26-58(39)46(64)42(47(2,3)4)55-40(61)7-6-19-65-21-22-66-20-18-52-44(62)32-12-17-38-36(23-32)37-27-57(5)56-43(37)59(38)34-15-13-33(14-16-34)48(49,50)51/h8-17,23,27-28,35,39,42,60H,6-7,18-22,24-26H2,1-5H3,(H,52,62)(H,53,63)(H,55,61)/t35-,39+,42-/m1/s1. The summed E-state index contributed by atoms with van der Waals surface area (Å²) in [5.74, 6) is -1.49. The largest absolute Gasteiger partial charge is 0.416 e. The van der Waals surface area contributed by atoms with Crippen LogP contribution in [0.4, 0.5) is 13.2 Å². The van der Waals surface area contributed by atoms with Crippen LogP contribution in [0.15, 0.2) is 78.4 Å². The maximum absolute atomic E-state index is 14.0. The fourth-order valence-electron chi connectivity index (χ4n) is 8.10. The highest BCUT2D eigenvalue weighted by molar-refractivity contribution is 7.13. The molecule has 3 aromatic carbocycles. The summed E-state index contributed by atoms with van der Waals surface area (Å²) >= 11 is 1.56. The Bertz CT molecular complexity index is 2710. The number of likely N-dealkylation sites (tertiary alicyclic amines) is 1. The fraction of sp³-hybridized carbons (Fsp3) is 0.417. The van der Waals surface area contributed by atoms with Gasteiger partial charge >= 0.3 is 6.18 Å². The first kappa shape index (κ1) is 48.8. The number of carbonyl (C=O) groups excluding carboxylic acids is 4. The van der Waals surface area contributed by atoms with Crippen molar-refractivity contribution in [3.63, 3.8) is 0 Å². The third-order valence-corrected chi connectivity index (χ3v) is 12.5. The summed E-state index contributed by atoms with van der Waals surface area (Å²) in [5, 5.41) is 25.2. The van der Waals surface area contributed by atoms with Crippen LogP contribution in [0.3, 0.4) is 0 Å². The molecule has 19 heteroatoms. The van der Waals surface area contributed by atoms with Gasteiger partial charge < -0.3 is 35.4 Å². The molecular formula is C48H55F3N8O7S. The normalized spacial score (nSPS) is 15.9. The lowest BCUT2D eigenvalue weighted by atomic mass is 9.85. The molecule has 3 atom stereocenters. The summed E-state index contributed by atoms with van der Waals surface area (Å²) in [6.07, 6.45) is -2.97.